The smallest absolute Gasteiger partial charge is 0.183 e. The van der Waals surface area contributed by atoms with E-state index in [-0.39, 0.29) is 0 Å². The van der Waals surface area contributed by atoms with Crippen LogP contribution in [0.5, 0.6) is 0 Å². The molecule has 0 aliphatic heterocycles. The molecular weight excluding hydrogens is 280 g/mol. The molecule has 1 aromatic heterocycles. The van der Waals surface area contributed by atoms with Crippen LogP contribution in [0.25, 0.3) is 10.2 Å². The van der Waals surface area contributed by atoms with Gasteiger partial charge < -0.3 is 5.32 Å². The van der Waals surface area contributed by atoms with Crippen LogP contribution in [0.15, 0.2) is 18.2 Å². The Morgan fingerprint density at radius 3 is 2.63 bits per heavy atom. The van der Waals surface area contributed by atoms with Gasteiger partial charge in [0.2, 0.25) is 0 Å². The van der Waals surface area contributed by atoms with Gasteiger partial charge in [0.25, 0.3) is 0 Å². The zero-order chi connectivity index (χ0) is 14.3. The third kappa shape index (κ3) is 2.90. The number of aromatic nitrogens is 1. The fourth-order valence-electron chi connectivity index (χ4n) is 1.58. The summed E-state index contributed by atoms with van der Waals surface area (Å²) >= 11 is 1.55. The maximum absolute atomic E-state index is 11.6. The van der Waals surface area contributed by atoms with Crippen LogP contribution in [-0.4, -0.2) is 30.9 Å². The Hall–Kier alpha value is -1.14. The van der Waals surface area contributed by atoms with Gasteiger partial charge >= 0.3 is 0 Å². The minimum absolute atomic E-state index is 0.352. The molecule has 0 unspecified atom stereocenters. The van der Waals surface area contributed by atoms with Gasteiger partial charge in [-0.05, 0) is 32.4 Å². The molecule has 6 heteroatoms. The van der Waals surface area contributed by atoms with Crippen LogP contribution in [0.1, 0.15) is 19.4 Å². The Labute approximate surface area is 117 Å². The molecular formula is C13H18N2O2S2. The highest BCUT2D eigenvalue weighted by molar-refractivity contribution is 7.92. The molecule has 0 saturated heterocycles. The lowest BCUT2D eigenvalue weighted by atomic mass is 10.2. The lowest BCUT2D eigenvalue weighted by molar-refractivity contribution is 0.560. The van der Waals surface area contributed by atoms with Crippen LogP contribution >= 0.6 is 11.3 Å². The number of nitrogens with one attached hydrogen (secondary N) is 1. The molecule has 1 N–H and O–H groups in total. The third-order valence-corrected chi connectivity index (χ3v) is 6.42. The van der Waals surface area contributed by atoms with E-state index in [1.807, 2.05) is 25.1 Å². The summed E-state index contributed by atoms with van der Waals surface area (Å²) in [6.45, 7) is 5.80. The van der Waals surface area contributed by atoms with Crippen molar-refractivity contribution >= 4 is 36.5 Å². The molecule has 0 aliphatic carbocycles. The second-order valence-corrected chi connectivity index (χ2v) is 9.01. The van der Waals surface area contributed by atoms with Crippen molar-refractivity contribution in [3.05, 3.63) is 23.8 Å². The van der Waals surface area contributed by atoms with Crippen molar-refractivity contribution in [1.82, 2.24) is 4.98 Å². The quantitative estimate of drug-likeness (QED) is 0.943. The first-order valence-corrected chi connectivity index (χ1v) is 8.71. The lowest BCUT2D eigenvalue weighted by Gasteiger charge is -2.22. The highest BCUT2D eigenvalue weighted by atomic mass is 32.2. The molecule has 0 spiro atoms. The summed E-state index contributed by atoms with van der Waals surface area (Å²) in [5.41, 5.74) is 2.11. The summed E-state index contributed by atoms with van der Waals surface area (Å²) in [5.74, 6) is 0. The van der Waals surface area contributed by atoms with Gasteiger partial charge in [-0.15, -0.1) is 0 Å². The number of anilines is 1. The van der Waals surface area contributed by atoms with Gasteiger partial charge in [-0.2, -0.15) is 0 Å². The number of benzene rings is 1. The van der Waals surface area contributed by atoms with E-state index >= 15 is 0 Å². The summed E-state index contributed by atoms with van der Waals surface area (Å²) < 4.78 is 23.6. The number of thiazole rings is 1. The molecule has 0 fully saturated rings. The number of hydrogen-bond acceptors (Lipinski definition) is 5. The average molecular weight is 298 g/mol. The monoisotopic (exact) mass is 298 g/mol. The number of rotatable bonds is 4. The zero-order valence-electron chi connectivity index (χ0n) is 11.5. The highest BCUT2D eigenvalue weighted by Gasteiger charge is 2.30. The Morgan fingerprint density at radius 1 is 1.37 bits per heavy atom. The summed E-state index contributed by atoms with van der Waals surface area (Å²) in [6, 6.07) is 6.04. The van der Waals surface area contributed by atoms with Crippen molar-refractivity contribution in [3.8, 4) is 0 Å². The molecule has 4 nitrogen and oxygen atoms in total. The summed E-state index contributed by atoms with van der Waals surface area (Å²) in [5, 5.41) is 3.90. The number of hydrogen-bond donors (Lipinski definition) is 1. The number of nitrogens with zero attached hydrogens (tertiary/aromatic N) is 1. The zero-order valence-corrected chi connectivity index (χ0v) is 13.2. The number of aryl methyl sites for hydroxylation is 1. The van der Waals surface area contributed by atoms with Crippen LogP contribution in [0.4, 0.5) is 5.13 Å². The molecule has 2 rings (SSSR count). The van der Waals surface area contributed by atoms with Gasteiger partial charge in [0.05, 0.1) is 15.0 Å². The molecule has 0 saturated carbocycles. The van der Waals surface area contributed by atoms with Crippen LogP contribution in [-0.2, 0) is 9.84 Å². The Bertz CT molecular complexity index is 703. The van der Waals surface area contributed by atoms with Crippen molar-refractivity contribution in [2.75, 3.05) is 18.1 Å². The van der Waals surface area contributed by atoms with Crippen molar-refractivity contribution in [1.29, 1.82) is 0 Å². The minimum atomic E-state index is -3.10. The van der Waals surface area contributed by atoms with E-state index in [2.05, 4.69) is 10.3 Å². The maximum atomic E-state index is 11.6. The first-order chi connectivity index (χ1) is 8.71. The van der Waals surface area contributed by atoms with E-state index in [1.165, 1.54) is 6.26 Å². The first kappa shape index (κ1) is 14.3. The van der Waals surface area contributed by atoms with E-state index in [0.717, 1.165) is 20.9 Å². The van der Waals surface area contributed by atoms with E-state index in [4.69, 9.17) is 0 Å². The molecule has 0 radical (unpaired) electrons. The average Bonchev–Trinajstić information content (AvgIpc) is 2.69. The first-order valence-electron chi connectivity index (χ1n) is 6.00. The topological polar surface area (TPSA) is 59.1 Å². The van der Waals surface area contributed by atoms with Gasteiger partial charge in [-0.1, -0.05) is 23.5 Å². The van der Waals surface area contributed by atoms with E-state index < -0.39 is 14.6 Å². The largest absolute Gasteiger partial charge is 0.360 e. The van der Waals surface area contributed by atoms with Gasteiger partial charge in [-0.3, -0.25) is 0 Å². The van der Waals surface area contributed by atoms with Crippen LogP contribution in [0.2, 0.25) is 0 Å². The summed E-state index contributed by atoms with van der Waals surface area (Å²) in [6.07, 6.45) is 1.26. The Morgan fingerprint density at radius 2 is 2.05 bits per heavy atom. The molecule has 1 aromatic carbocycles. The van der Waals surface area contributed by atoms with Crippen molar-refractivity contribution in [2.24, 2.45) is 0 Å². The molecule has 2 aromatic rings. The van der Waals surface area contributed by atoms with Crippen LogP contribution in [0.3, 0.4) is 0 Å². The lowest BCUT2D eigenvalue weighted by Crippen LogP contribution is -2.38. The van der Waals surface area contributed by atoms with Gasteiger partial charge in [0.15, 0.2) is 15.0 Å². The Kier molecular flexibility index (Phi) is 3.57. The molecule has 0 aliphatic rings. The van der Waals surface area contributed by atoms with Crippen LogP contribution < -0.4 is 5.32 Å². The number of sulfone groups is 1. The molecule has 104 valence electrons. The second kappa shape index (κ2) is 4.76. The van der Waals surface area contributed by atoms with Crippen LogP contribution in [0, 0.1) is 6.92 Å². The SMILES string of the molecule is Cc1cccc2sc(NCC(C)(C)S(C)(=O)=O)nc12. The normalized spacial score (nSPS) is 12.8. The molecule has 19 heavy (non-hydrogen) atoms. The third-order valence-electron chi connectivity index (χ3n) is 3.29. The van der Waals surface area contributed by atoms with E-state index in [0.29, 0.717) is 6.54 Å². The minimum Gasteiger partial charge on any atom is -0.360 e. The second-order valence-electron chi connectivity index (χ2n) is 5.33. The van der Waals surface area contributed by atoms with Gasteiger partial charge in [0.1, 0.15) is 0 Å². The predicted octanol–water partition coefficient (Wildman–Crippen LogP) is 2.84. The maximum Gasteiger partial charge on any atom is 0.183 e. The molecule has 0 atom stereocenters. The Balaban J connectivity index is 2.22. The fourth-order valence-corrected chi connectivity index (χ4v) is 2.86. The van der Waals surface area contributed by atoms with Gasteiger partial charge in [0, 0.05) is 12.8 Å². The van der Waals surface area contributed by atoms with Crippen molar-refractivity contribution in [2.45, 2.75) is 25.5 Å². The molecule has 1 heterocycles. The molecule has 0 amide bonds. The summed E-state index contributed by atoms with van der Waals surface area (Å²) in [4.78, 5) is 4.51. The van der Waals surface area contributed by atoms with E-state index in [9.17, 15) is 8.42 Å². The van der Waals surface area contributed by atoms with Crippen molar-refractivity contribution < 1.29 is 8.42 Å². The predicted molar refractivity (Wildman–Crippen MR) is 81.8 cm³/mol. The fraction of sp³-hybridized carbons (Fsp3) is 0.462. The number of para-hydroxylation sites is 1. The number of fused-ring (bicyclic) bond motifs is 1. The highest BCUT2D eigenvalue weighted by Crippen LogP contribution is 2.28. The standard InChI is InChI=1S/C13H18N2O2S2/c1-9-6-5-7-10-11(9)15-12(18-10)14-8-13(2,3)19(4,16)17/h5-7H,8H2,1-4H3,(H,14,15). The molecule has 0 bridgehead atoms. The summed E-state index contributed by atoms with van der Waals surface area (Å²) in [7, 11) is -3.10. The van der Waals surface area contributed by atoms with Gasteiger partial charge in [-0.25, -0.2) is 13.4 Å². The van der Waals surface area contributed by atoms with E-state index in [1.54, 1.807) is 25.2 Å². The van der Waals surface area contributed by atoms with Crippen molar-refractivity contribution in [3.63, 3.8) is 0 Å².